The predicted octanol–water partition coefficient (Wildman–Crippen LogP) is 3.84. The van der Waals surface area contributed by atoms with Crippen LogP contribution in [0.25, 0.3) is 0 Å². The lowest BCUT2D eigenvalue weighted by Gasteiger charge is -2.40. The van der Waals surface area contributed by atoms with Crippen LogP contribution in [0.2, 0.25) is 0 Å². The van der Waals surface area contributed by atoms with Crippen molar-refractivity contribution in [3.8, 4) is 0 Å². The Balaban J connectivity index is 1.82. The summed E-state index contributed by atoms with van der Waals surface area (Å²) in [5.74, 6) is 0.564. The first-order valence-corrected chi connectivity index (χ1v) is 8.60. The average molecular weight is 308 g/mol. The van der Waals surface area contributed by atoms with Crippen molar-refractivity contribution >= 4 is 5.78 Å². The summed E-state index contributed by atoms with van der Waals surface area (Å²) in [6.07, 6.45) is 7.26. The standard InChI is InChI=1S/C20H20O3/c1-20-7-3-5-12-10-23-19(17(12)20)18(22)14-8-11-4-2-6-16(21)13(11)9-15(14)20/h8-10,16,21H,2-7H2,1H3. The highest BCUT2D eigenvalue weighted by Gasteiger charge is 2.46. The molecule has 0 bridgehead atoms. The number of carbonyl (C=O) groups excluding carboxylic acids is 1. The van der Waals surface area contributed by atoms with E-state index < -0.39 is 6.10 Å². The Morgan fingerprint density at radius 2 is 2.04 bits per heavy atom. The Kier molecular flexibility index (Phi) is 2.57. The van der Waals surface area contributed by atoms with Crippen molar-refractivity contribution in [2.75, 3.05) is 0 Å². The average Bonchev–Trinajstić information content (AvgIpc) is 2.98. The van der Waals surface area contributed by atoms with Crippen LogP contribution in [-0.4, -0.2) is 10.9 Å². The van der Waals surface area contributed by atoms with Gasteiger partial charge in [0.05, 0.1) is 12.4 Å². The van der Waals surface area contributed by atoms with Crippen molar-refractivity contribution in [3.05, 3.63) is 57.5 Å². The molecular formula is C20H20O3. The molecule has 2 unspecified atom stereocenters. The number of rotatable bonds is 0. The van der Waals surface area contributed by atoms with Gasteiger partial charge in [-0.1, -0.05) is 13.0 Å². The molecule has 0 radical (unpaired) electrons. The summed E-state index contributed by atoms with van der Waals surface area (Å²) in [4.78, 5) is 13.0. The summed E-state index contributed by atoms with van der Waals surface area (Å²) < 4.78 is 5.69. The van der Waals surface area contributed by atoms with E-state index in [4.69, 9.17) is 4.42 Å². The van der Waals surface area contributed by atoms with Gasteiger partial charge in [-0.25, -0.2) is 0 Å². The van der Waals surface area contributed by atoms with Crippen molar-refractivity contribution < 1.29 is 14.3 Å². The molecule has 2 aromatic rings. The van der Waals surface area contributed by atoms with Crippen LogP contribution in [0.1, 0.15) is 82.6 Å². The predicted molar refractivity (Wildman–Crippen MR) is 85.9 cm³/mol. The van der Waals surface area contributed by atoms with Crippen molar-refractivity contribution in [2.24, 2.45) is 0 Å². The van der Waals surface area contributed by atoms with E-state index in [1.165, 1.54) is 5.56 Å². The SMILES string of the molecule is CC12CCCc3coc(c31)C(=O)c1cc3c(cc12)C(O)CCC3. The number of furan rings is 1. The monoisotopic (exact) mass is 308 g/mol. The molecule has 118 valence electrons. The molecule has 5 rings (SSSR count). The summed E-state index contributed by atoms with van der Waals surface area (Å²) in [5.41, 5.74) is 6.17. The van der Waals surface area contributed by atoms with Gasteiger partial charge in [-0.2, -0.15) is 0 Å². The van der Waals surface area contributed by atoms with Gasteiger partial charge in [-0.15, -0.1) is 0 Å². The van der Waals surface area contributed by atoms with Gasteiger partial charge in [0.2, 0.25) is 5.78 Å². The Labute approximate surface area is 135 Å². The number of aryl methyl sites for hydroxylation is 2. The van der Waals surface area contributed by atoms with Gasteiger partial charge in [0.15, 0.2) is 5.76 Å². The van der Waals surface area contributed by atoms with Gasteiger partial charge in [0.25, 0.3) is 0 Å². The molecule has 0 aliphatic heterocycles. The van der Waals surface area contributed by atoms with E-state index in [9.17, 15) is 9.90 Å². The van der Waals surface area contributed by atoms with Crippen LogP contribution in [0.4, 0.5) is 0 Å². The van der Waals surface area contributed by atoms with E-state index in [-0.39, 0.29) is 11.2 Å². The quantitative estimate of drug-likeness (QED) is 0.804. The third kappa shape index (κ3) is 1.61. The van der Waals surface area contributed by atoms with Gasteiger partial charge < -0.3 is 9.52 Å². The Hall–Kier alpha value is -1.87. The zero-order valence-corrected chi connectivity index (χ0v) is 13.3. The summed E-state index contributed by atoms with van der Waals surface area (Å²) in [6, 6.07) is 4.15. The van der Waals surface area contributed by atoms with Gasteiger partial charge in [-0.05, 0) is 66.8 Å². The van der Waals surface area contributed by atoms with Crippen LogP contribution < -0.4 is 0 Å². The normalized spacial score (nSPS) is 28.1. The number of hydrogen-bond donors (Lipinski definition) is 1. The number of aliphatic hydroxyl groups is 1. The van der Waals surface area contributed by atoms with Crippen LogP contribution >= 0.6 is 0 Å². The first-order chi connectivity index (χ1) is 11.1. The van der Waals surface area contributed by atoms with Gasteiger partial charge >= 0.3 is 0 Å². The van der Waals surface area contributed by atoms with Crippen LogP contribution in [0.15, 0.2) is 22.8 Å². The zero-order valence-electron chi connectivity index (χ0n) is 13.3. The van der Waals surface area contributed by atoms with Crippen molar-refractivity contribution in [3.63, 3.8) is 0 Å². The lowest BCUT2D eigenvalue weighted by Crippen LogP contribution is -2.36. The number of carbonyl (C=O) groups is 1. The molecular weight excluding hydrogens is 288 g/mol. The van der Waals surface area contributed by atoms with E-state index in [0.29, 0.717) is 5.76 Å². The fourth-order valence-electron chi connectivity index (χ4n) is 4.97. The maximum atomic E-state index is 13.0. The van der Waals surface area contributed by atoms with Crippen molar-refractivity contribution in [1.29, 1.82) is 0 Å². The molecule has 1 heterocycles. The van der Waals surface area contributed by atoms with E-state index in [2.05, 4.69) is 13.0 Å². The van der Waals surface area contributed by atoms with Crippen LogP contribution in [0.5, 0.6) is 0 Å². The minimum Gasteiger partial charge on any atom is -0.460 e. The summed E-state index contributed by atoms with van der Waals surface area (Å²) in [7, 11) is 0. The van der Waals surface area contributed by atoms with Crippen LogP contribution in [0.3, 0.4) is 0 Å². The molecule has 3 heteroatoms. The second kappa shape index (κ2) is 4.35. The summed E-state index contributed by atoms with van der Waals surface area (Å²) >= 11 is 0. The molecule has 0 fully saturated rings. The molecule has 1 N–H and O–H groups in total. The third-order valence-electron chi connectivity index (χ3n) is 6.15. The number of aliphatic hydroxyl groups excluding tert-OH is 1. The molecule has 3 nitrogen and oxygen atoms in total. The van der Waals surface area contributed by atoms with Crippen molar-refractivity contribution in [2.45, 2.75) is 57.0 Å². The van der Waals surface area contributed by atoms with Crippen LogP contribution in [-0.2, 0) is 18.3 Å². The van der Waals surface area contributed by atoms with Gasteiger partial charge in [0.1, 0.15) is 0 Å². The minimum atomic E-state index is -0.392. The maximum Gasteiger partial charge on any atom is 0.228 e. The van der Waals surface area contributed by atoms with E-state index in [1.54, 1.807) is 6.26 Å². The largest absolute Gasteiger partial charge is 0.460 e. The Morgan fingerprint density at radius 3 is 2.91 bits per heavy atom. The molecule has 1 aromatic carbocycles. The Bertz CT molecular complexity index is 845. The number of hydrogen-bond acceptors (Lipinski definition) is 3. The molecule has 1 aromatic heterocycles. The number of benzene rings is 1. The number of fused-ring (bicyclic) bond motifs is 3. The molecule has 0 saturated heterocycles. The smallest absolute Gasteiger partial charge is 0.228 e. The highest BCUT2D eigenvalue weighted by molar-refractivity contribution is 6.12. The highest BCUT2D eigenvalue weighted by atomic mass is 16.3. The second-order valence-electron chi connectivity index (χ2n) is 7.48. The summed E-state index contributed by atoms with van der Waals surface area (Å²) in [6.45, 7) is 2.23. The van der Waals surface area contributed by atoms with Gasteiger partial charge in [-0.3, -0.25) is 4.79 Å². The number of ketones is 1. The fraction of sp³-hybridized carbons (Fsp3) is 0.450. The topological polar surface area (TPSA) is 50.4 Å². The molecule has 2 atom stereocenters. The fourth-order valence-corrected chi connectivity index (χ4v) is 4.97. The van der Waals surface area contributed by atoms with Crippen LogP contribution in [0, 0.1) is 0 Å². The maximum absolute atomic E-state index is 13.0. The molecule has 3 aliphatic carbocycles. The Morgan fingerprint density at radius 1 is 1.22 bits per heavy atom. The van der Waals surface area contributed by atoms with E-state index in [1.807, 2.05) is 6.07 Å². The first kappa shape index (κ1) is 13.6. The first-order valence-electron chi connectivity index (χ1n) is 8.60. The molecule has 3 aliphatic rings. The minimum absolute atomic E-state index is 0.0171. The molecule has 0 saturated carbocycles. The highest BCUT2D eigenvalue weighted by Crippen LogP contribution is 2.51. The second-order valence-corrected chi connectivity index (χ2v) is 7.48. The molecule has 0 spiro atoms. The third-order valence-corrected chi connectivity index (χ3v) is 6.15. The van der Waals surface area contributed by atoms with E-state index in [0.717, 1.165) is 66.3 Å². The lowest BCUT2D eigenvalue weighted by atomic mass is 9.62. The summed E-state index contributed by atoms with van der Waals surface area (Å²) in [5, 5.41) is 10.4. The van der Waals surface area contributed by atoms with Gasteiger partial charge in [0, 0.05) is 16.5 Å². The lowest BCUT2D eigenvalue weighted by molar-refractivity contribution is 0.0997. The molecule has 0 amide bonds. The van der Waals surface area contributed by atoms with Crippen molar-refractivity contribution in [1.82, 2.24) is 0 Å². The molecule has 23 heavy (non-hydrogen) atoms. The van der Waals surface area contributed by atoms with E-state index >= 15 is 0 Å². The zero-order chi connectivity index (χ0) is 15.8.